The van der Waals surface area contributed by atoms with Crippen LogP contribution in [0.4, 0.5) is 0 Å². The van der Waals surface area contributed by atoms with E-state index in [0.29, 0.717) is 19.0 Å². The van der Waals surface area contributed by atoms with Crippen molar-refractivity contribution in [2.24, 2.45) is 0 Å². The number of nitrogens with one attached hydrogen (secondary N) is 1. The van der Waals surface area contributed by atoms with Crippen molar-refractivity contribution < 1.29 is 15.3 Å². The van der Waals surface area contributed by atoms with Gasteiger partial charge in [-0.25, -0.2) is 0 Å². The molecule has 2 heterocycles. The molecular weight excluding hydrogens is 220 g/mol. The largest absolute Gasteiger partial charge is 0.391 e. The van der Waals surface area contributed by atoms with Crippen molar-refractivity contribution >= 4 is 0 Å². The Morgan fingerprint density at radius 1 is 1.29 bits per heavy atom. The summed E-state index contributed by atoms with van der Waals surface area (Å²) >= 11 is 0. The molecule has 0 aromatic heterocycles. The Morgan fingerprint density at radius 3 is 2.65 bits per heavy atom. The molecule has 6 unspecified atom stereocenters. The van der Waals surface area contributed by atoms with Gasteiger partial charge in [-0.2, -0.15) is 0 Å². The molecule has 0 radical (unpaired) electrons. The zero-order valence-electron chi connectivity index (χ0n) is 10.6. The molecule has 17 heavy (non-hydrogen) atoms. The second-order valence-corrected chi connectivity index (χ2v) is 5.35. The van der Waals surface area contributed by atoms with E-state index >= 15 is 0 Å². The summed E-state index contributed by atoms with van der Waals surface area (Å²) in [6, 6.07) is 0.0424. The van der Waals surface area contributed by atoms with E-state index in [2.05, 4.69) is 24.1 Å². The zero-order valence-corrected chi connectivity index (χ0v) is 10.6. The maximum absolute atomic E-state index is 10.0. The van der Waals surface area contributed by atoms with Crippen molar-refractivity contribution in [3.05, 3.63) is 0 Å². The summed E-state index contributed by atoms with van der Waals surface area (Å²) in [4.78, 5) is 2.05. The van der Waals surface area contributed by atoms with Crippen LogP contribution in [0, 0.1) is 0 Å². The van der Waals surface area contributed by atoms with Gasteiger partial charge in [0.2, 0.25) is 0 Å². The van der Waals surface area contributed by atoms with E-state index < -0.39 is 18.3 Å². The molecule has 0 aromatic rings. The minimum absolute atomic E-state index is 0.0823. The van der Waals surface area contributed by atoms with Crippen LogP contribution in [0.25, 0.3) is 0 Å². The van der Waals surface area contributed by atoms with E-state index in [1.807, 2.05) is 0 Å². The fraction of sp³-hybridized carbons (Fsp3) is 1.00. The summed E-state index contributed by atoms with van der Waals surface area (Å²) < 4.78 is 0. The Hall–Kier alpha value is -0.200. The number of hydrogen-bond donors (Lipinski definition) is 4. The van der Waals surface area contributed by atoms with Crippen LogP contribution in [-0.4, -0.2) is 69.7 Å². The van der Waals surface area contributed by atoms with Crippen molar-refractivity contribution in [1.82, 2.24) is 10.2 Å². The third-order valence-electron chi connectivity index (χ3n) is 4.27. The molecule has 2 aliphatic heterocycles. The van der Waals surface area contributed by atoms with E-state index in [9.17, 15) is 15.3 Å². The Kier molecular flexibility index (Phi) is 4.05. The summed E-state index contributed by atoms with van der Waals surface area (Å²) in [5.74, 6) is 0. The molecule has 4 N–H and O–H groups in total. The third-order valence-corrected chi connectivity index (χ3v) is 4.27. The van der Waals surface area contributed by atoms with Crippen molar-refractivity contribution in [2.45, 2.75) is 63.1 Å². The van der Waals surface area contributed by atoms with E-state index in [-0.39, 0.29) is 12.1 Å². The lowest BCUT2D eigenvalue weighted by Gasteiger charge is -2.26. The van der Waals surface area contributed by atoms with Gasteiger partial charge in [-0.05, 0) is 19.8 Å². The molecular formula is C12H24N2O3. The highest BCUT2D eigenvalue weighted by Crippen LogP contribution is 2.33. The van der Waals surface area contributed by atoms with Gasteiger partial charge in [-0.15, -0.1) is 0 Å². The first-order valence-electron chi connectivity index (χ1n) is 6.59. The molecule has 2 fully saturated rings. The number of aliphatic hydroxyl groups excluding tert-OH is 3. The van der Waals surface area contributed by atoms with Gasteiger partial charge in [0.05, 0.1) is 30.4 Å². The van der Waals surface area contributed by atoms with E-state index in [0.717, 1.165) is 13.0 Å². The lowest BCUT2D eigenvalue weighted by Crippen LogP contribution is -2.46. The van der Waals surface area contributed by atoms with E-state index in [4.69, 9.17) is 0 Å². The number of aliphatic hydroxyl groups is 3. The lowest BCUT2D eigenvalue weighted by molar-refractivity contribution is 0.00334. The Balaban J connectivity index is 1.97. The first-order chi connectivity index (χ1) is 8.06. The Labute approximate surface area is 102 Å². The minimum atomic E-state index is -0.823. The van der Waals surface area contributed by atoms with Crippen LogP contribution in [0.5, 0.6) is 0 Å². The Morgan fingerprint density at radius 2 is 2.00 bits per heavy atom. The number of rotatable bonds is 4. The van der Waals surface area contributed by atoms with Crippen molar-refractivity contribution in [2.75, 3.05) is 13.1 Å². The molecule has 0 aliphatic carbocycles. The van der Waals surface area contributed by atoms with Gasteiger partial charge < -0.3 is 20.6 Å². The quantitative estimate of drug-likeness (QED) is 0.506. The van der Waals surface area contributed by atoms with Crippen LogP contribution in [-0.2, 0) is 0 Å². The highest BCUT2D eigenvalue weighted by atomic mass is 16.3. The van der Waals surface area contributed by atoms with Crippen molar-refractivity contribution in [3.63, 3.8) is 0 Å². The summed E-state index contributed by atoms with van der Waals surface area (Å²) in [6.45, 7) is 5.64. The molecule has 6 atom stereocenters. The summed E-state index contributed by atoms with van der Waals surface area (Å²) in [5.41, 5.74) is 0. The standard InChI is InChI=1S/C12H24N2O3/c1-3-7(2)13-6-8-11(16)12(17)10-9(15)4-5-14(8)10/h7-13,15-17H,3-6H2,1-2H3. The lowest BCUT2D eigenvalue weighted by atomic mass is 10.0. The molecule has 0 saturated carbocycles. The van der Waals surface area contributed by atoms with Gasteiger partial charge in [0.1, 0.15) is 0 Å². The number of hydrogen-bond acceptors (Lipinski definition) is 5. The average Bonchev–Trinajstić information content (AvgIpc) is 2.79. The van der Waals surface area contributed by atoms with Crippen LogP contribution in [0.15, 0.2) is 0 Å². The van der Waals surface area contributed by atoms with Crippen molar-refractivity contribution in [1.29, 1.82) is 0 Å². The van der Waals surface area contributed by atoms with Gasteiger partial charge in [0.25, 0.3) is 0 Å². The van der Waals surface area contributed by atoms with Gasteiger partial charge in [-0.3, -0.25) is 4.90 Å². The van der Waals surface area contributed by atoms with Crippen molar-refractivity contribution in [3.8, 4) is 0 Å². The van der Waals surface area contributed by atoms with E-state index in [1.54, 1.807) is 0 Å². The predicted molar refractivity (Wildman–Crippen MR) is 64.7 cm³/mol. The van der Waals surface area contributed by atoms with Crippen LogP contribution in [0.2, 0.25) is 0 Å². The molecule has 0 bridgehead atoms. The number of fused-ring (bicyclic) bond motifs is 1. The van der Waals surface area contributed by atoms with Crippen LogP contribution < -0.4 is 5.32 Å². The molecule has 5 nitrogen and oxygen atoms in total. The van der Waals surface area contributed by atoms with Gasteiger partial charge in [-0.1, -0.05) is 6.92 Å². The van der Waals surface area contributed by atoms with E-state index in [1.165, 1.54) is 0 Å². The maximum Gasteiger partial charge on any atom is 0.0995 e. The molecule has 0 aromatic carbocycles. The molecule has 2 rings (SSSR count). The Bertz CT molecular complexity index is 264. The number of nitrogens with zero attached hydrogens (tertiary/aromatic N) is 1. The van der Waals surface area contributed by atoms with Crippen LogP contribution >= 0.6 is 0 Å². The molecule has 2 saturated heterocycles. The highest BCUT2D eigenvalue weighted by molar-refractivity contribution is 5.07. The fourth-order valence-corrected chi connectivity index (χ4v) is 2.96. The van der Waals surface area contributed by atoms with Gasteiger partial charge >= 0.3 is 0 Å². The fourth-order valence-electron chi connectivity index (χ4n) is 2.96. The second-order valence-electron chi connectivity index (χ2n) is 5.35. The molecule has 100 valence electrons. The molecule has 0 amide bonds. The molecule has 2 aliphatic rings. The van der Waals surface area contributed by atoms with Crippen LogP contribution in [0.3, 0.4) is 0 Å². The smallest absolute Gasteiger partial charge is 0.0995 e. The summed E-state index contributed by atoms with van der Waals surface area (Å²) in [6.07, 6.45) is -0.359. The summed E-state index contributed by atoms with van der Waals surface area (Å²) in [5, 5.41) is 33.1. The topological polar surface area (TPSA) is 76.0 Å². The zero-order chi connectivity index (χ0) is 12.6. The third kappa shape index (κ3) is 2.35. The second kappa shape index (κ2) is 5.20. The monoisotopic (exact) mass is 244 g/mol. The average molecular weight is 244 g/mol. The molecule has 0 spiro atoms. The minimum Gasteiger partial charge on any atom is -0.391 e. The first kappa shape index (κ1) is 13.2. The SMILES string of the molecule is CCC(C)NCC1C(O)C(O)C2C(O)CCN12. The predicted octanol–water partition coefficient (Wildman–Crippen LogP) is -1.09. The first-order valence-corrected chi connectivity index (χ1v) is 6.59. The van der Waals surface area contributed by atoms with Gasteiger partial charge in [0, 0.05) is 19.1 Å². The van der Waals surface area contributed by atoms with Crippen LogP contribution in [0.1, 0.15) is 26.7 Å². The van der Waals surface area contributed by atoms with Gasteiger partial charge in [0.15, 0.2) is 0 Å². The molecule has 5 heteroatoms. The summed E-state index contributed by atoms with van der Waals surface area (Å²) in [7, 11) is 0. The normalized spacial score (nSPS) is 43.9. The maximum atomic E-state index is 10.0. The highest BCUT2D eigenvalue weighted by Gasteiger charge is 2.52.